The molecular weight excluding hydrogens is 343 g/mol. The predicted molar refractivity (Wildman–Crippen MR) is 106 cm³/mol. The molecule has 1 aromatic rings. The second kappa shape index (κ2) is 8.72. The molecule has 2 fully saturated rings. The summed E-state index contributed by atoms with van der Waals surface area (Å²) >= 11 is 0. The summed E-state index contributed by atoms with van der Waals surface area (Å²) in [4.78, 5) is 18.6. The van der Waals surface area contributed by atoms with Crippen LogP contribution in [0.1, 0.15) is 44.6 Å². The third kappa shape index (κ3) is 5.21. The minimum atomic E-state index is -0.188. The summed E-state index contributed by atoms with van der Waals surface area (Å²) in [5.41, 5.74) is 1.04. The Labute approximate surface area is 161 Å². The van der Waals surface area contributed by atoms with Crippen LogP contribution in [0.25, 0.3) is 0 Å². The number of aliphatic imine (C=N–C) groups is 1. The van der Waals surface area contributed by atoms with Gasteiger partial charge in [-0.25, -0.2) is 4.39 Å². The van der Waals surface area contributed by atoms with Crippen molar-refractivity contribution in [3.8, 4) is 0 Å². The second-order valence-electron chi connectivity index (χ2n) is 7.98. The molecule has 1 amide bonds. The van der Waals surface area contributed by atoms with Crippen LogP contribution < -0.4 is 10.6 Å². The van der Waals surface area contributed by atoms with Gasteiger partial charge in [-0.3, -0.25) is 9.79 Å². The van der Waals surface area contributed by atoms with Crippen molar-refractivity contribution < 1.29 is 9.18 Å². The molecule has 148 valence electrons. The van der Waals surface area contributed by atoms with E-state index in [1.165, 1.54) is 12.5 Å². The normalized spacial score (nSPS) is 21.7. The van der Waals surface area contributed by atoms with Gasteiger partial charge in [0.25, 0.3) is 0 Å². The Morgan fingerprint density at radius 3 is 2.85 bits per heavy atom. The van der Waals surface area contributed by atoms with Crippen molar-refractivity contribution in [1.29, 1.82) is 0 Å². The number of likely N-dealkylation sites (tertiary alicyclic amines) is 1. The maximum atomic E-state index is 13.5. The van der Waals surface area contributed by atoms with Crippen molar-refractivity contribution >= 4 is 11.9 Å². The molecule has 1 aliphatic heterocycles. The summed E-state index contributed by atoms with van der Waals surface area (Å²) in [5.74, 6) is 1.31. The third-order valence-electron chi connectivity index (χ3n) is 5.75. The Kier molecular flexibility index (Phi) is 6.34. The maximum Gasteiger partial charge on any atom is 0.224 e. The lowest BCUT2D eigenvalue weighted by molar-refractivity contribution is -0.132. The molecule has 1 aliphatic carbocycles. The van der Waals surface area contributed by atoms with Gasteiger partial charge in [0.15, 0.2) is 5.96 Å². The molecule has 2 N–H and O–H groups in total. The quantitative estimate of drug-likeness (QED) is 0.595. The summed E-state index contributed by atoms with van der Waals surface area (Å²) < 4.78 is 13.5. The summed E-state index contributed by atoms with van der Waals surface area (Å²) in [5, 5.41) is 6.57. The molecule has 6 heteroatoms. The monoisotopic (exact) mass is 374 g/mol. The van der Waals surface area contributed by atoms with Crippen LogP contribution in [0.15, 0.2) is 29.3 Å². The van der Waals surface area contributed by atoms with Gasteiger partial charge in [0.2, 0.25) is 5.91 Å². The van der Waals surface area contributed by atoms with Gasteiger partial charge in [0, 0.05) is 45.1 Å². The Morgan fingerprint density at radius 2 is 2.19 bits per heavy atom. The van der Waals surface area contributed by atoms with E-state index in [4.69, 9.17) is 0 Å². The van der Waals surface area contributed by atoms with Crippen molar-refractivity contribution in [2.24, 2.45) is 10.9 Å². The first kappa shape index (κ1) is 19.6. The lowest BCUT2D eigenvalue weighted by atomic mass is 9.96. The number of guanidine groups is 1. The fourth-order valence-corrected chi connectivity index (χ4v) is 3.87. The fourth-order valence-electron chi connectivity index (χ4n) is 3.87. The van der Waals surface area contributed by atoms with E-state index in [0.29, 0.717) is 31.4 Å². The van der Waals surface area contributed by atoms with Crippen molar-refractivity contribution in [2.45, 2.75) is 44.4 Å². The number of hydrogen-bond donors (Lipinski definition) is 2. The number of benzene rings is 1. The Bertz CT molecular complexity index is 687. The van der Waals surface area contributed by atoms with E-state index in [2.05, 4.69) is 22.5 Å². The van der Waals surface area contributed by atoms with Crippen LogP contribution in [0.5, 0.6) is 0 Å². The van der Waals surface area contributed by atoms with Gasteiger partial charge in [-0.1, -0.05) is 19.1 Å². The number of hydrogen-bond acceptors (Lipinski definition) is 2. The van der Waals surface area contributed by atoms with Gasteiger partial charge >= 0.3 is 0 Å². The fraction of sp³-hybridized carbons (Fsp3) is 0.619. The summed E-state index contributed by atoms with van der Waals surface area (Å²) in [6.45, 7) is 5.24. The molecule has 0 bridgehead atoms. The molecule has 1 unspecified atom stereocenters. The van der Waals surface area contributed by atoms with Gasteiger partial charge in [-0.05, 0) is 49.3 Å². The van der Waals surface area contributed by atoms with Gasteiger partial charge in [0.05, 0.1) is 0 Å². The topological polar surface area (TPSA) is 56.7 Å². The highest BCUT2D eigenvalue weighted by Crippen LogP contribution is 2.47. The SMILES string of the molecule is CN=C(NCCC(=O)N1CCCC(C)C1)NCC1(c2cccc(F)c2)CC1. The molecule has 1 saturated carbocycles. The summed E-state index contributed by atoms with van der Waals surface area (Å²) in [7, 11) is 1.73. The van der Waals surface area contributed by atoms with Gasteiger partial charge in [0.1, 0.15) is 5.82 Å². The van der Waals surface area contributed by atoms with Crippen molar-refractivity contribution in [2.75, 3.05) is 33.2 Å². The molecule has 1 saturated heterocycles. The molecule has 0 spiro atoms. The van der Waals surface area contributed by atoms with Crippen molar-refractivity contribution in [1.82, 2.24) is 15.5 Å². The smallest absolute Gasteiger partial charge is 0.224 e. The molecular formula is C21H31FN4O. The van der Waals surface area contributed by atoms with Crippen LogP contribution in [0.4, 0.5) is 4.39 Å². The van der Waals surface area contributed by atoms with E-state index in [1.54, 1.807) is 19.2 Å². The van der Waals surface area contributed by atoms with Gasteiger partial charge in [-0.2, -0.15) is 0 Å². The standard InChI is InChI=1S/C21H31FN4O/c1-16-5-4-12-26(14-16)19(27)8-11-24-20(23-2)25-15-21(9-10-21)17-6-3-7-18(22)13-17/h3,6-7,13,16H,4-5,8-12,14-15H2,1-2H3,(H2,23,24,25). The number of rotatable bonds is 6. The predicted octanol–water partition coefficient (Wildman–Crippen LogP) is 2.67. The van der Waals surface area contributed by atoms with Crippen LogP contribution in [0, 0.1) is 11.7 Å². The van der Waals surface area contributed by atoms with Crippen molar-refractivity contribution in [3.05, 3.63) is 35.6 Å². The zero-order valence-electron chi connectivity index (χ0n) is 16.4. The van der Waals surface area contributed by atoms with Gasteiger partial charge in [-0.15, -0.1) is 0 Å². The number of piperidine rings is 1. The van der Waals surface area contributed by atoms with Crippen LogP contribution in [0.2, 0.25) is 0 Å². The number of nitrogens with zero attached hydrogens (tertiary/aromatic N) is 2. The van der Waals surface area contributed by atoms with E-state index in [0.717, 1.165) is 37.9 Å². The first-order chi connectivity index (χ1) is 13.0. The molecule has 1 atom stereocenters. The molecule has 3 rings (SSSR count). The lowest BCUT2D eigenvalue weighted by Gasteiger charge is -2.31. The lowest BCUT2D eigenvalue weighted by Crippen LogP contribution is -2.44. The number of nitrogens with one attached hydrogen (secondary N) is 2. The molecule has 5 nitrogen and oxygen atoms in total. The molecule has 1 aromatic carbocycles. The highest BCUT2D eigenvalue weighted by molar-refractivity contribution is 5.81. The average Bonchev–Trinajstić information content (AvgIpc) is 3.45. The van der Waals surface area contributed by atoms with Crippen LogP contribution in [0.3, 0.4) is 0 Å². The number of amides is 1. The Balaban J connectivity index is 1.43. The van der Waals surface area contributed by atoms with Crippen LogP contribution in [-0.2, 0) is 10.2 Å². The summed E-state index contributed by atoms with van der Waals surface area (Å²) in [6, 6.07) is 6.87. The first-order valence-corrected chi connectivity index (χ1v) is 10.0. The zero-order chi connectivity index (χ0) is 19.3. The largest absolute Gasteiger partial charge is 0.356 e. The van der Waals surface area contributed by atoms with E-state index < -0.39 is 0 Å². The number of carbonyl (C=O) groups is 1. The van der Waals surface area contributed by atoms with E-state index in [1.807, 2.05) is 11.0 Å². The van der Waals surface area contributed by atoms with Crippen molar-refractivity contribution in [3.63, 3.8) is 0 Å². The molecule has 27 heavy (non-hydrogen) atoms. The zero-order valence-corrected chi connectivity index (χ0v) is 16.4. The average molecular weight is 375 g/mol. The maximum absolute atomic E-state index is 13.5. The third-order valence-corrected chi connectivity index (χ3v) is 5.75. The minimum Gasteiger partial charge on any atom is -0.356 e. The van der Waals surface area contributed by atoms with E-state index >= 15 is 0 Å². The Morgan fingerprint density at radius 1 is 1.37 bits per heavy atom. The van der Waals surface area contributed by atoms with Gasteiger partial charge < -0.3 is 15.5 Å². The van der Waals surface area contributed by atoms with Crippen LogP contribution in [-0.4, -0.2) is 50.0 Å². The summed E-state index contributed by atoms with van der Waals surface area (Å²) in [6.07, 6.45) is 4.89. The first-order valence-electron chi connectivity index (χ1n) is 10.0. The highest BCUT2D eigenvalue weighted by atomic mass is 19.1. The minimum absolute atomic E-state index is 0.000517. The van der Waals surface area contributed by atoms with Crippen LogP contribution >= 0.6 is 0 Å². The number of carbonyl (C=O) groups excluding carboxylic acids is 1. The molecule has 0 aromatic heterocycles. The van der Waals surface area contributed by atoms with E-state index in [-0.39, 0.29) is 17.1 Å². The number of halogens is 1. The highest BCUT2D eigenvalue weighted by Gasteiger charge is 2.44. The molecule has 0 radical (unpaired) electrons. The Hall–Kier alpha value is -2.11. The molecule has 2 aliphatic rings. The molecule has 1 heterocycles. The second-order valence-corrected chi connectivity index (χ2v) is 7.98. The van der Waals surface area contributed by atoms with E-state index in [9.17, 15) is 9.18 Å².